The van der Waals surface area contributed by atoms with Gasteiger partial charge in [0.25, 0.3) is 0 Å². The van der Waals surface area contributed by atoms with Gasteiger partial charge in [0.15, 0.2) is 0 Å². The lowest BCUT2D eigenvalue weighted by Gasteiger charge is -2.31. The molecule has 0 spiro atoms. The van der Waals surface area contributed by atoms with Gasteiger partial charge in [0.2, 0.25) is 5.91 Å². The highest BCUT2D eigenvalue weighted by Gasteiger charge is 2.18. The van der Waals surface area contributed by atoms with Crippen LogP contribution >= 0.6 is 22.7 Å². The average Bonchev–Trinajstić information content (AvgIpc) is 3.51. The van der Waals surface area contributed by atoms with Crippen LogP contribution in [0.15, 0.2) is 47.2 Å². The maximum Gasteiger partial charge on any atom is 0.226 e. The van der Waals surface area contributed by atoms with Gasteiger partial charge in [0, 0.05) is 37.7 Å². The minimum absolute atomic E-state index is 0.0302. The molecule has 1 aliphatic heterocycles. The molecule has 1 aromatic carbocycles. The van der Waals surface area contributed by atoms with E-state index >= 15 is 0 Å². The van der Waals surface area contributed by atoms with Crippen LogP contribution < -0.4 is 10.1 Å². The summed E-state index contributed by atoms with van der Waals surface area (Å²) in [4.78, 5) is 20.4. The van der Waals surface area contributed by atoms with Crippen LogP contribution in [-0.4, -0.2) is 55.2 Å². The van der Waals surface area contributed by atoms with E-state index in [1.165, 1.54) is 0 Å². The van der Waals surface area contributed by atoms with Gasteiger partial charge in [-0.1, -0.05) is 18.2 Å². The number of carbonyl (C=O) groups is 1. The fraction of sp³-hybridized carbons (Fsp3) is 0.417. The van der Waals surface area contributed by atoms with Crippen molar-refractivity contribution >= 4 is 28.6 Å². The first-order chi connectivity index (χ1) is 15.7. The lowest BCUT2D eigenvalue weighted by Crippen LogP contribution is -2.38. The van der Waals surface area contributed by atoms with Crippen molar-refractivity contribution in [2.75, 3.05) is 33.4 Å². The highest BCUT2D eigenvalue weighted by atomic mass is 32.1. The van der Waals surface area contributed by atoms with E-state index in [1.54, 1.807) is 22.7 Å². The van der Waals surface area contributed by atoms with Crippen molar-refractivity contribution in [3.8, 4) is 15.6 Å². The summed E-state index contributed by atoms with van der Waals surface area (Å²) < 4.78 is 11.4. The molecule has 1 amide bonds. The molecule has 8 heteroatoms. The molecule has 1 saturated heterocycles. The Balaban J connectivity index is 1.20. The van der Waals surface area contributed by atoms with E-state index in [4.69, 9.17) is 9.47 Å². The molecule has 0 unspecified atom stereocenters. The Morgan fingerprint density at radius 1 is 1.25 bits per heavy atom. The average molecular weight is 472 g/mol. The summed E-state index contributed by atoms with van der Waals surface area (Å²) in [5, 5.41) is 7.95. The molecular weight excluding hydrogens is 442 g/mol. The van der Waals surface area contributed by atoms with E-state index in [-0.39, 0.29) is 12.3 Å². The normalized spacial score (nSPS) is 14.6. The molecule has 0 aliphatic carbocycles. The lowest BCUT2D eigenvalue weighted by molar-refractivity contribution is -0.120. The van der Waals surface area contributed by atoms with E-state index in [0.29, 0.717) is 19.2 Å². The fourth-order valence-corrected chi connectivity index (χ4v) is 5.32. The van der Waals surface area contributed by atoms with Crippen molar-refractivity contribution in [2.24, 2.45) is 0 Å². The standard InChI is InChI=1S/C24H29N3O3S2/c1-27(20-7-10-29-11-8-20)9-12-30-21-5-2-4-18(14-21)16-25-23(28)15-19-17-32-24(26-19)22-6-3-13-31-22/h2-6,13-14,17,20H,7-12,15-16H2,1H3,(H,25,28). The van der Waals surface area contributed by atoms with Gasteiger partial charge < -0.3 is 14.8 Å². The molecule has 32 heavy (non-hydrogen) atoms. The summed E-state index contributed by atoms with van der Waals surface area (Å²) >= 11 is 3.24. The van der Waals surface area contributed by atoms with E-state index in [0.717, 1.165) is 59.5 Å². The van der Waals surface area contributed by atoms with Crippen LogP contribution in [0.4, 0.5) is 0 Å². The summed E-state index contributed by atoms with van der Waals surface area (Å²) in [5.74, 6) is 0.801. The molecule has 3 heterocycles. The van der Waals surface area contributed by atoms with Crippen molar-refractivity contribution < 1.29 is 14.3 Å². The smallest absolute Gasteiger partial charge is 0.226 e. The number of hydrogen-bond acceptors (Lipinski definition) is 7. The van der Waals surface area contributed by atoms with Gasteiger partial charge in [-0.2, -0.15) is 0 Å². The minimum atomic E-state index is -0.0302. The van der Waals surface area contributed by atoms with Gasteiger partial charge in [-0.05, 0) is 49.0 Å². The van der Waals surface area contributed by atoms with Crippen LogP contribution in [0.1, 0.15) is 24.1 Å². The van der Waals surface area contributed by atoms with Gasteiger partial charge in [0.1, 0.15) is 17.4 Å². The van der Waals surface area contributed by atoms with E-state index in [9.17, 15) is 4.79 Å². The zero-order valence-electron chi connectivity index (χ0n) is 18.3. The fourth-order valence-electron chi connectivity index (χ4n) is 3.69. The number of thiophene rings is 1. The highest BCUT2D eigenvalue weighted by molar-refractivity contribution is 7.20. The number of aromatic nitrogens is 1. The Bertz CT molecular complexity index is 984. The number of thiazole rings is 1. The quantitative estimate of drug-likeness (QED) is 0.480. The predicted molar refractivity (Wildman–Crippen MR) is 129 cm³/mol. The second-order valence-electron chi connectivity index (χ2n) is 7.89. The minimum Gasteiger partial charge on any atom is -0.492 e. The third kappa shape index (κ3) is 6.62. The van der Waals surface area contributed by atoms with E-state index in [1.807, 2.05) is 47.2 Å². The number of carbonyl (C=O) groups excluding carboxylic acids is 1. The maximum atomic E-state index is 12.4. The Hall–Kier alpha value is -2.26. The van der Waals surface area contributed by atoms with Crippen LogP contribution in [0.5, 0.6) is 5.75 Å². The molecule has 2 aromatic heterocycles. The van der Waals surface area contributed by atoms with Crippen molar-refractivity contribution in [1.29, 1.82) is 0 Å². The summed E-state index contributed by atoms with van der Waals surface area (Å²) in [6.07, 6.45) is 2.46. The van der Waals surface area contributed by atoms with Crippen LogP contribution in [-0.2, 0) is 22.5 Å². The molecule has 1 N–H and O–H groups in total. The molecule has 0 atom stereocenters. The van der Waals surface area contributed by atoms with Crippen molar-refractivity contribution in [3.63, 3.8) is 0 Å². The van der Waals surface area contributed by atoms with Gasteiger partial charge >= 0.3 is 0 Å². The van der Waals surface area contributed by atoms with Crippen molar-refractivity contribution in [3.05, 3.63) is 58.4 Å². The zero-order valence-corrected chi connectivity index (χ0v) is 19.9. The number of nitrogens with one attached hydrogen (secondary N) is 1. The Labute approximate surface area is 197 Å². The van der Waals surface area contributed by atoms with Gasteiger partial charge in [-0.15, -0.1) is 22.7 Å². The lowest BCUT2D eigenvalue weighted by atomic mass is 10.1. The van der Waals surface area contributed by atoms with E-state index in [2.05, 4.69) is 22.2 Å². The molecular formula is C24H29N3O3S2. The van der Waals surface area contributed by atoms with Crippen LogP contribution in [0.25, 0.3) is 9.88 Å². The third-order valence-corrected chi connectivity index (χ3v) is 7.47. The van der Waals surface area contributed by atoms with Crippen LogP contribution in [0.2, 0.25) is 0 Å². The highest BCUT2D eigenvalue weighted by Crippen LogP contribution is 2.27. The predicted octanol–water partition coefficient (Wildman–Crippen LogP) is 4.22. The van der Waals surface area contributed by atoms with Crippen molar-refractivity contribution in [1.82, 2.24) is 15.2 Å². The molecule has 170 valence electrons. The molecule has 1 fully saturated rings. The Kier molecular flexibility index (Phi) is 8.28. The van der Waals surface area contributed by atoms with Crippen LogP contribution in [0.3, 0.4) is 0 Å². The molecule has 0 bridgehead atoms. The number of benzene rings is 1. The molecule has 4 rings (SSSR count). The summed E-state index contributed by atoms with van der Waals surface area (Å²) in [6, 6.07) is 12.5. The zero-order chi connectivity index (χ0) is 22.2. The first-order valence-electron chi connectivity index (χ1n) is 10.9. The molecule has 0 radical (unpaired) electrons. The molecule has 0 saturated carbocycles. The number of likely N-dealkylation sites (N-methyl/N-ethyl adjacent to an activating group) is 1. The number of ether oxygens (including phenoxy) is 2. The number of nitrogens with zero attached hydrogens (tertiary/aromatic N) is 2. The SMILES string of the molecule is CN(CCOc1cccc(CNC(=O)Cc2csc(-c3cccs3)n2)c1)C1CCOCC1. The van der Waals surface area contributed by atoms with Gasteiger partial charge in [-0.25, -0.2) is 4.98 Å². The van der Waals surface area contributed by atoms with E-state index < -0.39 is 0 Å². The Morgan fingerprint density at radius 3 is 2.94 bits per heavy atom. The van der Waals surface area contributed by atoms with Crippen LogP contribution in [0, 0.1) is 0 Å². The van der Waals surface area contributed by atoms with Crippen molar-refractivity contribution in [2.45, 2.75) is 31.8 Å². The second-order valence-corrected chi connectivity index (χ2v) is 9.70. The Morgan fingerprint density at radius 2 is 2.12 bits per heavy atom. The molecule has 1 aliphatic rings. The topological polar surface area (TPSA) is 63.7 Å². The largest absolute Gasteiger partial charge is 0.492 e. The number of rotatable bonds is 10. The third-order valence-electron chi connectivity index (χ3n) is 5.54. The summed E-state index contributed by atoms with van der Waals surface area (Å²) in [5.41, 5.74) is 1.83. The van der Waals surface area contributed by atoms with Gasteiger partial charge in [-0.3, -0.25) is 9.69 Å². The maximum absolute atomic E-state index is 12.4. The van der Waals surface area contributed by atoms with Gasteiger partial charge in [0.05, 0.1) is 17.0 Å². The first-order valence-corrected chi connectivity index (χ1v) is 12.7. The number of amides is 1. The first kappa shape index (κ1) is 22.9. The number of hydrogen-bond donors (Lipinski definition) is 1. The monoisotopic (exact) mass is 471 g/mol. The molecule has 6 nitrogen and oxygen atoms in total. The summed E-state index contributed by atoms with van der Waals surface area (Å²) in [7, 11) is 2.15. The summed E-state index contributed by atoms with van der Waals surface area (Å²) in [6.45, 7) is 3.69. The molecule has 3 aromatic rings. The second kappa shape index (κ2) is 11.6.